The predicted octanol–water partition coefficient (Wildman–Crippen LogP) is 2.84. The third-order valence-corrected chi connectivity index (χ3v) is 2.55. The molecule has 0 bridgehead atoms. The molecule has 0 aliphatic rings. The molecule has 1 amide bonds. The molecule has 0 aliphatic carbocycles. The van der Waals surface area contributed by atoms with Crippen LogP contribution in [0.1, 0.15) is 39.2 Å². The first-order chi connectivity index (χ1) is 8.06. The molecule has 0 saturated carbocycles. The summed E-state index contributed by atoms with van der Waals surface area (Å²) in [4.78, 5) is 15.5. The second-order valence-electron chi connectivity index (χ2n) is 4.48. The number of rotatable bonds is 5. The summed E-state index contributed by atoms with van der Waals surface area (Å²) in [6.45, 7) is 6.39. The molecule has 0 spiro atoms. The maximum absolute atomic E-state index is 11.6. The number of pyridine rings is 1. The maximum atomic E-state index is 11.6. The van der Waals surface area contributed by atoms with Crippen molar-refractivity contribution in [2.45, 2.75) is 39.2 Å². The summed E-state index contributed by atoms with van der Waals surface area (Å²) < 4.78 is 5.07. The normalized spacial score (nSPS) is 11.0. The van der Waals surface area contributed by atoms with Crippen LogP contribution in [0.5, 0.6) is 0 Å². The van der Waals surface area contributed by atoms with Gasteiger partial charge in [-0.2, -0.15) is 0 Å². The van der Waals surface area contributed by atoms with E-state index in [0.29, 0.717) is 6.61 Å². The lowest BCUT2D eigenvalue weighted by atomic mass is 9.96. The van der Waals surface area contributed by atoms with Crippen molar-refractivity contribution in [3.63, 3.8) is 0 Å². The van der Waals surface area contributed by atoms with E-state index >= 15 is 0 Å². The fourth-order valence-electron chi connectivity index (χ4n) is 1.44. The first kappa shape index (κ1) is 13.5. The largest absolute Gasteiger partial charge is 0.450 e. The Kier molecular flexibility index (Phi) is 4.94. The van der Waals surface area contributed by atoms with Gasteiger partial charge in [-0.15, -0.1) is 0 Å². The van der Waals surface area contributed by atoms with Crippen molar-refractivity contribution in [3.8, 4) is 0 Å². The second-order valence-corrected chi connectivity index (χ2v) is 4.48. The van der Waals surface area contributed by atoms with Gasteiger partial charge in [0, 0.05) is 12.4 Å². The van der Waals surface area contributed by atoms with Crippen LogP contribution in [-0.4, -0.2) is 17.7 Å². The van der Waals surface area contributed by atoms with Crippen LogP contribution in [0.15, 0.2) is 24.5 Å². The summed E-state index contributed by atoms with van der Waals surface area (Å²) in [6.07, 6.45) is 4.95. The van der Waals surface area contributed by atoms with E-state index in [1.807, 2.05) is 26.0 Å². The number of amides is 1. The van der Waals surface area contributed by atoms with Gasteiger partial charge < -0.3 is 10.1 Å². The van der Waals surface area contributed by atoms with E-state index in [0.717, 1.165) is 18.4 Å². The van der Waals surface area contributed by atoms with E-state index in [1.54, 1.807) is 12.4 Å². The van der Waals surface area contributed by atoms with Crippen LogP contribution >= 0.6 is 0 Å². The lowest BCUT2D eigenvalue weighted by Crippen LogP contribution is -2.41. The molecular formula is C13H20N2O2. The first-order valence-corrected chi connectivity index (χ1v) is 5.91. The summed E-state index contributed by atoms with van der Waals surface area (Å²) in [5.74, 6) is 0. The van der Waals surface area contributed by atoms with Crippen LogP contribution in [-0.2, 0) is 10.3 Å². The molecule has 1 aromatic heterocycles. The number of carbonyl (C=O) groups is 1. The van der Waals surface area contributed by atoms with E-state index < -0.39 is 5.54 Å². The van der Waals surface area contributed by atoms with Gasteiger partial charge in [-0.25, -0.2) is 4.79 Å². The van der Waals surface area contributed by atoms with E-state index in [4.69, 9.17) is 4.74 Å². The lowest BCUT2D eigenvalue weighted by molar-refractivity contribution is 0.134. The minimum absolute atomic E-state index is 0.375. The Morgan fingerprint density at radius 2 is 2.06 bits per heavy atom. The number of alkyl carbamates (subject to hydrolysis) is 1. The van der Waals surface area contributed by atoms with Gasteiger partial charge in [-0.1, -0.05) is 13.3 Å². The summed E-state index contributed by atoms with van der Waals surface area (Å²) in [7, 11) is 0. The average Bonchev–Trinajstić information content (AvgIpc) is 2.30. The zero-order valence-electron chi connectivity index (χ0n) is 10.7. The number of unbranched alkanes of at least 4 members (excludes halogenated alkanes) is 1. The molecule has 17 heavy (non-hydrogen) atoms. The molecular weight excluding hydrogens is 216 g/mol. The molecule has 0 unspecified atom stereocenters. The van der Waals surface area contributed by atoms with Crippen LogP contribution in [0.4, 0.5) is 4.79 Å². The molecule has 0 fully saturated rings. The highest BCUT2D eigenvalue weighted by Crippen LogP contribution is 2.18. The lowest BCUT2D eigenvalue weighted by Gasteiger charge is -2.26. The highest BCUT2D eigenvalue weighted by Gasteiger charge is 2.23. The molecule has 94 valence electrons. The van der Waals surface area contributed by atoms with Crippen molar-refractivity contribution in [3.05, 3.63) is 30.1 Å². The summed E-state index contributed by atoms with van der Waals surface area (Å²) in [5, 5.41) is 2.84. The van der Waals surface area contributed by atoms with E-state index in [9.17, 15) is 4.79 Å². The molecule has 1 rings (SSSR count). The molecule has 1 N–H and O–H groups in total. The molecule has 0 saturated heterocycles. The Hall–Kier alpha value is -1.58. The third-order valence-electron chi connectivity index (χ3n) is 2.55. The van der Waals surface area contributed by atoms with Crippen LogP contribution in [0, 0.1) is 0 Å². The molecule has 0 radical (unpaired) electrons. The smallest absolute Gasteiger partial charge is 0.407 e. The van der Waals surface area contributed by atoms with Crippen molar-refractivity contribution in [2.75, 3.05) is 6.61 Å². The summed E-state index contributed by atoms with van der Waals surface area (Å²) >= 11 is 0. The minimum Gasteiger partial charge on any atom is -0.450 e. The monoisotopic (exact) mass is 236 g/mol. The van der Waals surface area contributed by atoms with E-state index in [1.165, 1.54) is 0 Å². The summed E-state index contributed by atoms with van der Waals surface area (Å²) in [5.41, 5.74) is 0.548. The second kappa shape index (κ2) is 6.23. The molecule has 1 heterocycles. The SMILES string of the molecule is CCCCOC(=O)NC(C)(C)c1ccncc1. The third kappa shape index (κ3) is 4.43. The van der Waals surface area contributed by atoms with Crippen molar-refractivity contribution < 1.29 is 9.53 Å². The molecule has 0 aliphatic heterocycles. The number of hydrogen-bond acceptors (Lipinski definition) is 3. The summed E-state index contributed by atoms with van der Waals surface area (Å²) in [6, 6.07) is 3.76. The van der Waals surface area contributed by atoms with Gasteiger partial charge in [0.2, 0.25) is 0 Å². The van der Waals surface area contributed by atoms with Gasteiger partial charge in [0.15, 0.2) is 0 Å². The number of nitrogens with one attached hydrogen (secondary N) is 1. The van der Waals surface area contributed by atoms with Gasteiger partial charge in [-0.3, -0.25) is 4.98 Å². The molecule has 0 atom stereocenters. The number of ether oxygens (including phenoxy) is 1. The van der Waals surface area contributed by atoms with Crippen molar-refractivity contribution in [1.29, 1.82) is 0 Å². The van der Waals surface area contributed by atoms with Gasteiger partial charge in [0.1, 0.15) is 0 Å². The van der Waals surface area contributed by atoms with Crippen LogP contribution < -0.4 is 5.32 Å². The maximum Gasteiger partial charge on any atom is 0.407 e. The quantitative estimate of drug-likeness (QED) is 0.800. The Labute approximate surface area is 102 Å². The Morgan fingerprint density at radius 1 is 1.41 bits per heavy atom. The number of carbonyl (C=O) groups excluding carboxylic acids is 1. The van der Waals surface area contributed by atoms with Gasteiger partial charge in [0.05, 0.1) is 12.1 Å². The van der Waals surface area contributed by atoms with Crippen LogP contribution in [0.3, 0.4) is 0 Å². The van der Waals surface area contributed by atoms with Gasteiger partial charge >= 0.3 is 6.09 Å². The fourth-order valence-corrected chi connectivity index (χ4v) is 1.44. The zero-order chi connectivity index (χ0) is 12.7. The zero-order valence-corrected chi connectivity index (χ0v) is 10.7. The van der Waals surface area contributed by atoms with Gasteiger partial charge in [0.25, 0.3) is 0 Å². The molecule has 1 aromatic rings. The minimum atomic E-state index is -0.452. The average molecular weight is 236 g/mol. The number of aromatic nitrogens is 1. The van der Waals surface area contributed by atoms with Crippen LogP contribution in [0.25, 0.3) is 0 Å². The van der Waals surface area contributed by atoms with E-state index in [2.05, 4.69) is 17.2 Å². The Morgan fingerprint density at radius 3 is 2.65 bits per heavy atom. The first-order valence-electron chi connectivity index (χ1n) is 5.91. The topological polar surface area (TPSA) is 51.2 Å². The van der Waals surface area contributed by atoms with Crippen molar-refractivity contribution in [1.82, 2.24) is 10.3 Å². The van der Waals surface area contributed by atoms with Crippen molar-refractivity contribution in [2.24, 2.45) is 0 Å². The standard InChI is InChI=1S/C13H20N2O2/c1-4-5-10-17-12(16)15-13(2,3)11-6-8-14-9-7-11/h6-9H,4-5,10H2,1-3H3,(H,15,16). The van der Waals surface area contributed by atoms with Crippen LogP contribution in [0.2, 0.25) is 0 Å². The Bertz CT molecular complexity index is 350. The fraction of sp³-hybridized carbons (Fsp3) is 0.538. The molecule has 0 aromatic carbocycles. The number of nitrogens with zero attached hydrogens (tertiary/aromatic N) is 1. The predicted molar refractivity (Wildman–Crippen MR) is 66.7 cm³/mol. The highest BCUT2D eigenvalue weighted by molar-refractivity contribution is 5.68. The highest BCUT2D eigenvalue weighted by atomic mass is 16.5. The van der Waals surface area contributed by atoms with Crippen molar-refractivity contribution >= 4 is 6.09 Å². The van der Waals surface area contributed by atoms with E-state index in [-0.39, 0.29) is 6.09 Å². The molecule has 4 nitrogen and oxygen atoms in total. The Balaban J connectivity index is 2.52. The molecule has 4 heteroatoms. The number of hydrogen-bond donors (Lipinski definition) is 1. The van der Waals surface area contributed by atoms with Gasteiger partial charge in [-0.05, 0) is 38.0 Å².